The quantitative estimate of drug-likeness (QED) is 0.481. The number of carbonyl (C=O) groups is 1. The number of carbonyl (C=O) groups excluding carboxylic acids is 1. The van der Waals surface area contributed by atoms with E-state index in [1.165, 1.54) is 0 Å². The van der Waals surface area contributed by atoms with E-state index in [1.54, 1.807) is 37.4 Å². The van der Waals surface area contributed by atoms with E-state index in [9.17, 15) is 4.79 Å². The molecule has 0 bridgehead atoms. The number of esters is 1. The SMILES string of the molecule is COc1ccc(OC(=O)c2ccccc2I)cc1. The Hall–Kier alpha value is -1.56. The van der Waals surface area contributed by atoms with Crippen LogP contribution in [0.15, 0.2) is 48.5 Å². The average molecular weight is 354 g/mol. The highest BCUT2D eigenvalue weighted by Crippen LogP contribution is 2.19. The van der Waals surface area contributed by atoms with Crippen LogP contribution in [-0.4, -0.2) is 13.1 Å². The van der Waals surface area contributed by atoms with Crippen LogP contribution in [0.2, 0.25) is 0 Å². The smallest absolute Gasteiger partial charge is 0.344 e. The van der Waals surface area contributed by atoms with Crippen molar-refractivity contribution in [2.24, 2.45) is 0 Å². The fourth-order valence-electron chi connectivity index (χ4n) is 1.43. The molecular weight excluding hydrogens is 343 g/mol. The lowest BCUT2D eigenvalue weighted by atomic mass is 10.2. The Morgan fingerprint density at radius 3 is 2.22 bits per heavy atom. The summed E-state index contributed by atoms with van der Waals surface area (Å²) in [6.07, 6.45) is 0. The van der Waals surface area contributed by atoms with Crippen LogP contribution in [0.5, 0.6) is 11.5 Å². The Labute approximate surface area is 119 Å². The predicted molar refractivity (Wildman–Crippen MR) is 77.1 cm³/mol. The lowest BCUT2D eigenvalue weighted by molar-refractivity contribution is 0.0733. The van der Waals surface area contributed by atoms with Crippen LogP contribution in [0, 0.1) is 3.57 Å². The van der Waals surface area contributed by atoms with Gasteiger partial charge in [0.25, 0.3) is 0 Å². The second-order valence-corrected chi connectivity index (χ2v) is 4.71. The number of hydrogen-bond donors (Lipinski definition) is 0. The molecule has 0 amide bonds. The first-order chi connectivity index (χ1) is 8.70. The standard InChI is InChI=1S/C14H11IO3/c1-17-10-6-8-11(9-7-10)18-14(16)12-4-2-3-5-13(12)15/h2-9H,1H3. The molecule has 2 aromatic rings. The van der Waals surface area contributed by atoms with Crippen molar-refractivity contribution in [1.82, 2.24) is 0 Å². The van der Waals surface area contributed by atoms with Crippen LogP contribution in [0.25, 0.3) is 0 Å². The summed E-state index contributed by atoms with van der Waals surface area (Å²) in [5.41, 5.74) is 0.564. The minimum atomic E-state index is -0.356. The van der Waals surface area contributed by atoms with Crippen LogP contribution >= 0.6 is 22.6 Å². The van der Waals surface area contributed by atoms with Gasteiger partial charge in [0.05, 0.1) is 12.7 Å². The second kappa shape index (κ2) is 5.86. The zero-order valence-electron chi connectivity index (χ0n) is 9.72. The number of ether oxygens (including phenoxy) is 2. The molecule has 2 aromatic carbocycles. The van der Waals surface area contributed by atoms with Gasteiger partial charge in [-0.3, -0.25) is 0 Å². The van der Waals surface area contributed by atoms with Crippen LogP contribution in [0.1, 0.15) is 10.4 Å². The number of rotatable bonds is 3. The lowest BCUT2D eigenvalue weighted by Gasteiger charge is -2.06. The van der Waals surface area contributed by atoms with Gasteiger partial charge in [-0.15, -0.1) is 0 Å². The van der Waals surface area contributed by atoms with E-state index in [1.807, 2.05) is 18.2 Å². The van der Waals surface area contributed by atoms with Gasteiger partial charge in [0.2, 0.25) is 0 Å². The molecule has 0 aliphatic rings. The average Bonchev–Trinajstić information content (AvgIpc) is 2.40. The Balaban J connectivity index is 2.14. The van der Waals surface area contributed by atoms with Crippen LogP contribution < -0.4 is 9.47 Å². The highest BCUT2D eigenvalue weighted by Gasteiger charge is 2.11. The van der Waals surface area contributed by atoms with Gasteiger partial charge in [0.15, 0.2) is 0 Å². The fourth-order valence-corrected chi connectivity index (χ4v) is 2.04. The molecule has 4 heteroatoms. The Morgan fingerprint density at radius 1 is 1.00 bits per heavy atom. The maximum Gasteiger partial charge on any atom is 0.344 e. The van der Waals surface area contributed by atoms with Crippen molar-refractivity contribution in [3.05, 3.63) is 57.7 Å². The third kappa shape index (κ3) is 3.01. The van der Waals surface area contributed by atoms with Crippen molar-refractivity contribution in [3.8, 4) is 11.5 Å². The summed E-state index contributed by atoms with van der Waals surface area (Å²) >= 11 is 2.11. The zero-order chi connectivity index (χ0) is 13.0. The summed E-state index contributed by atoms with van der Waals surface area (Å²) in [5, 5.41) is 0. The van der Waals surface area contributed by atoms with Gasteiger partial charge in [0, 0.05) is 3.57 Å². The van der Waals surface area contributed by atoms with E-state index >= 15 is 0 Å². The second-order valence-electron chi connectivity index (χ2n) is 3.54. The molecule has 0 saturated carbocycles. The van der Waals surface area contributed by atoms with Gasteiger partial charge in [-0.25, -0.2) is 4.79 Å². The Morgan fingerprint density at radius 2 is 1.61 bits per heavy atom. The minimum Gasteiger partial charge on any atom is -0.497 e. The molecule has 0 aliphatic heterocycles. The molecule has 0 atom stereocenters. The summed E-state index contributed by atoms with van der Waals surface area (Å²) in [7, 11) is 1.59. The molecule has 0 aliphatic carbocycles. The highest BCUT2D eigenvalue weighted by atomic mass is 127. The third-order valence-electron chi connectivity index (χ3n) is 2.36. The molecule has 18 heavy (non-hydrogen) atoms. The summed E-state index contributed by atoms with van der Waals surface area (Å²) < 4.78 is 11.2. The molecule has 0 aromatic heterocycles. The van der Waals surface area contributed by atoms with Crippen molar-refractivity contribution in [1.29, 1.82) is 0 Å². The van der Waals surface area contributed by atoms with E-state index in [-0.39, 0.29) is 5.97 Å². The van der Waals surface area contributed by atoms with Crippen LogP contribution in [-0.2, 0) is 0 Å². The summed E-state index contributed by atoms with van der Waals surface area (Å²) in [5.74, 6) is 0.870. The number of benzene rings is 2. The highest BCUT2D eigenvalue weighted by molar-refractivity contribution is 14.1. The predicted octanol–water partition coefficient (Wildman–Crippen LogP) is 3.52. The van der Waals surface area contributed by atoms with Gasteiger partial charge in [-0.05, 0) is 59.0 Å². The molecule has 3 nitrogen and oxygen atoms in total. The van der Waals surface area contributed by atoms with E-state index in [2.05, 4.69) is 22.6 Å². The van der Waals surface area contributed by atoms with Crippen LogP contribution in [0.3, 0.4) is 0 Å². The molecule has 92 valence electrons. The number of halogens is 1. The number of hydrogen-bond acceptors (Lipinski definition) is 3. The number of methoxy groups -OCH3 is 1. The minimum absolute atomic E-state index is 0.356. The largest absolute Gasteiger partial charge is 0.497 e. The molecular formula is C14H11IO3. The van der Waals surface area contributed by atoms with E-state index in [0.717, 1.165) is 9.32 Å². The van der Waals surface area contributed by atoms with Crippen molar-refractivity contribution in [2.75, 3.05) is 7.11 Å². The summed E-state index contributed by atoms with van der Waals surface area (Å²) in [6.45, 7) is 0. The Kier molecular flexibility index (Phi) is 4.19. The van der Waals surface area contributed by atoms with E-state index < -0.39 is 0 Å². The summed E-state index contributed by atoms with van der Waals surface area (Å²) in [6, 6.07) is 14.2. The molecule has 0 N–H and O–H groups in total. The molecule has 0 saturated heterocycles. The van der Waals surface area contributed by atoms with Gasteiger partial charge in [-0.2, -0.15) is 0 Å². The molecule has 0 fully saturated rings. The normalized spacial score (nSPS) is 9.89. The first-order valence-corrected chi connectivity index (χ1v) is 6.39. The fraction of sp³-hybridized carbons (Fsp3) is 0.0714. The monoisotopic (exact) mass is 354 g/mol. The first-order valence-electron chi connectivity index (χ1n) is 5.31. The van der Waals surface area contributed by atoms with Crippen molar-refractivity contribution in [2.45, 2.75) is 0 Å². The molecule has 2 rings (SSSR count). The topological polar surface area (TPSA) is 35.5 Å². The van der Waals surface area contributed by atoms with Crippen molar-refractivity contribution < 1.29 is 14.3 Å². The van der Waals surface area contributed by atoms with Gasteiger partial charge < -0.3 is 9.47 Å². The molecule has 0 radical (unpaired) electrons. The Bertz CT molecular complexity index is 549. The third-order valence-corrected chi connectivity index (χ3v) is 3.30. The van der Waals surface area contributed by atoms with Crippen LogP contribution in [0.4, 0.5) is 0 Å². The van der Waals surface area contributed by atoms with Crippen molar-refractivity contribution >= 4 is 28.6 Å². The first kappa shape index (κ1) is 12.9. The van der Waals surface area contributed by atoms with Gasteiger partial charge >= 0.3 is 5.97 Å². The van der Waals surface area contributed by atoms with Gasteiger partial charge in [-0.1, -0.05) is 12.1 Å². The lowest BCUT2D eigenvalue weighted by Crippen LogP contribution is -2.09. The zero-order valence-corrected chi connectivity index (χ0v) is 11.9. The van der Waals surface area contributed by atoms with E-state index in [0.29, 0.717) is 11.3 Å². The summed E-state index contributed by atoms with van der Waals surface area (Å²) in [4.78, 5) is 11.9. The maximum atomic E-state index is 11.9. The molecule has 0 spiro atoms. The maximum absolute atomic E-state index is 11.9. The van der Waals surface area contributed by atoms with Gasteiger partial charge in [0.1, 0.15) is 11.5 Å². The molecule has 0 unspecified atom stereocenters. The van der Waals surface area contributed by atoms with E-state index in [4.69, 9.17) is 9.47 Å². The molecule has 0 heterocycles. The van der Waals surface area contributed by atoms with Crippen molar-refractivity contribution in [3.63, 3.8) is 0 Å².